The zero-order valence-electron chi connectivity index (χ0n) is 6.05. The van der Waals surface area contributed by atoms with Gasteiger partial charge in [-0.25, -0.2) is 4.79 Å². The number of carbonyl (C=O) groups is 1. The summed E-state index contributed by atoms with van der Waals surface area (Å²) in [6.45, 7) is 2.42. The maximum atomic E-state index is 10.6. The molecule has 0 aromatic heterocycles. The van der Waals surface area contributed by atoms with Crippen LogP contribution in [0, 0.1) is 0 Å². The molecule has 0 aromatic carbocycles. The van der Waals surface area contributed by atoms with Crippen molar-refractivity contribution in [1.29, 1.82) is 0 Å². The van der Waals surface area contributed by atoms with Crippen LogP contribution in [0.15, 0.2) is 0 Å². The molecule has 0 aliphatic carbocycles. The number of alkyl carbamates (subject to hydrolysis) is 1. The van der Waals surface area contributed by atoms with E-state index in [1.807, 2.05) is 0 Å². The molecule has 5 heteroatoms. The molecule has 2 rings (SSSR count). The smallest absolute Gasteiger partial charge is 0.407 e. The maximum absolute atomic E-state index is 10.6. The highest BCUT2D eigenvalue weighted by Gasteiger charge is 2.42. The number of ether oxygens (including phenoxy) is 1. The summed E-state index contributed by atoms with van der Waals surface area (Å²) in [6.07, 6.45) is 0.662. The normalized spacial score (nSPS) is 34.7. The maximum Gasteiger partial charge on any atom is 0.407 e. The van der Waals surface area contributed by atoms with Gasteiger partial charge in [0, 0.05) is 13.0 Å². The van der Waals surface area contributed by atoms with Crippen LogP contribution in [0.1, 0.15) is 6.42 Å². The molecule has 0 aromatic rings. The van der Waals surface area contributed by atoms with Gasteiger partial charge in [-0.05, 0) is 6.54 Å². The van der Waals surface area contributed by atoms with Crippen molar-refractivity contribution in [2.75, 3.05) is 19.6 Å². The Morgan fingerprint density at radius 1 is 1.45 bits per heavy atom. The first-order valence-corrected chi connectivity index (χ1v) is 3.48. The molecule has 1 unspecified atom stereocenters. The SMILES string of the molecule is Cl.O=C1NCC2(CCNC2)O1. The monoisotopic (exact) mass is 178 g/mol. The van der Waals surface area contributed by atoms with Crippen molar-refractivity contribution in [2.24, 2.45) is 0 Å². The van der Waals surface area contributed by atoms with E-state index in [1.54, 1.807) is 0 Å². The summed E-state index contributed by atoms with van der Waals surface area (Å²) in [4.78, 5) is 10.6. The molecule has 1 spiro atoms. The van der Waals surface area contributed by atoms with Gasteiger partial charge in [0.25, 0.3) is 0 Å². The van der Waals surface area contributed by atoms with Crippen molar-refractivity contribution in [1.82, 2.24) is 10.6 Å². The zero-order chi connectivity index (χ0) is 7.03. The summed E-state index contributed by atoms with van der Waals surface area (Å²) < 4.78 is 5.10. The van der Waals surface area contributed by atoms with Crippen molar-refractivity contribution in [3.8, 4) is 0 Å². The molecule has 0 bridgehead atoms. The minimum Gasteiger partial charge on any atom is -0.440 e. The number of nitrogens with one attached hydrogen (secondary N) is 2. The topological polar surface area (TPSA) is 50.4 Å². The molecule has 64 valence electrons. The van der Waals surface area contributed by atoms with Gasteiger partial charge in [0.05, 0.1) is 6.54 Å². The van der Waals surface area contributed by atoms with Crippen LogP contribution in [0.25, 0.3) is 0 Å². The van der Waals surface area contributed by atoms with Crippen molar-refractivity contribution >= 4 is 18.5 Å². The molecule has 1 atom stereocenters. The number of carbonyl (C=O) groups excluding carboxylic acids is 1. The average Bonchev–Trinajstić information content (AvgIpc) is 2.46. The van der Waals surface area contributed by atoms with E-state index in [0.717, 1.165) is 19.5 Å². The van der Waals surface area contributed by atoms with Crippen LogP contribution in [-0.4, -0.2) is 31.3 Å². The molecule has 1 amide bonds. The van der Waals surface area contributed by atoms with E-state index in [1.165, 1.54) is 0 Å². The molecule has 11 heavy (non-hydrogen) atoms. The van der Waals surface area contributed by atoms with Gasteiger partial charge in [-0.2, -0.15) is 0 Å². The first kappa shape index (κ1) is 8.62. The van der Waals surface area contributed by atoms with E-state index in [2.05, 4.69) is 10.6 Å². The molecule has 2 fully saturated rings. The lowest BCUT2D eigenvalue weighted by molar-refractivity contribution is 0.0732. The summed E-state index contributed by atoms with van der Waals surface area (Å²) in [5, 5.41) is 5.81. The Kier molecular flexibility index (Phi) is 2.25. The minimum absolute atomic E-state index is 0. The van der Waals surface area contributed by atoms with E-state index in [0.29, 0.717) is 6.54 Å². The first-order valence-electron chi connectivity index (χ1n) is 3.48. The van der Waals surface area contributed by atoms with Gasteiger partial charge < -0.3 is 15.4 Å². The highest BCUT2D eigenvalue weighted by Crippen LogP contribution is 2.22. The standard InChI is InChI=1S/C6H10N2O2.ClH/c9-5-8-4-6(10-5)1-2-7-3-6;/h7H,1-4H2,(H,8,9);1H. The second-order valence-corrected chi connectivity index (χ2v) is 2.85. The molecule has 2 saturated heterocycles. The quantitative estimate of drug-likeness (QED) is 0.544. The zero-order valence-corrected chi connectivity index (χ0v) is 6.87. The van der Waals surface area contributed by atoms with Crippen molar-refractivity contribution in [3.63, 3.8) is 0 Å². The highest BCUT2D eigenvalue weighted by atomic mass is 35.5. The Labute approximate surface area is 71.1 Å². The number of rotatable bonds is 0. The average molecular weight is 179 g/mol. The van der Waals surface area contributed by atoms with Crippen molar-refractivity contribution in [3.05, 3.63) is 0 Å². The number of hydrogen-bond acceptors (Lipinski definition) is 3. The second-order valence-electron chi connectivity index (χ2n) is 2.85. The first-order chi connectivity index (χ1) is 4.81. The summed E-state index contributed by atoms with van der Waals surface area (Å²) in [6, 6.07) is 0. The molecular weight excluding hydrogens is 168 g/mol. The van der Waals surface area contributed by atoms with E-state index < -0.39 is 0 Å². The molecule has 2 aliphatic heterocycles. The third-order valence-electron chi connectivity index (χ3n) is 2.07. The largest absolute Gasteiger partial charge is 0.440 e. The predicted octanol–water partition coefficient (Wildman–Crippen LogP) is -0.120. The fourth-order valence-electron chi connectivity index (χ4n) is 1.46. The van der Waals surface area contributed by atoms with Gasteiger partial charge in [0.2, 0.25) is 0 Å². The summed E-state index contributed by atoms with van der Waals surface area (Å²) in [5.41, 5.74) is -0.211. The van der Waals surface area contributed by atoms with Crippen LogP contribution in [0.5, 0.6) is 0 Å². The number of amides is 1. The second kappa shape index (κ2) is 2.87. The molecular formula is C6H11ClN2O2. The Bertz CT molecular complexity index is 168. The Morgan fingerprint density at radius 3 is 2.73 bits per heavy atom. The molecule has 0 radical (unpaired) electrons. The van der Waals surface area contributed by atoms with Crippen LogP contribution >= 0.6 is 12.4 Å². The van der Waals surface area contributed by atoms with Gasteiger partial charge >= 0.3 is 6.09 Å². The van der Waals surface area contributed by atoms with E-state index in [-0.39, 0.29) is 24.1 Å². The van der Waals surface area contributed by atoms with Crippen molar-refractivity contribution < 1.29 is 9.53 Å². The lowest BCUT2D eigenvalue weighted by Crippen LogP contribution is -2.35. The van der Waals surface area contributed by atoms with Crippen molar-refractivity contribution in [2.45, 2.75) is 12.0 Å². The van der Waals surface area contributed by atoms with Crippen LogP contribution in [0.3, 0.4) is 0 Å². The Hall–Kier alpha value is -0.480. The van der Waals surface area contributed by atoms with E-state index in [4.69, 9.17) is 4.74 Å². The fraction of sp³-hybridized carbons (Fsp3) is 0.833. The van der Waals surface area contributed by atoms with Gasteiger partial charge in [-0.1, -0.05) is 0 Å². The lowest BCUT2D eigenvalue weighted by Gasteiger charge is -2.17. The van der Waals surface area contributed by atoms with Gasteiger partial charge in [0.1, 0.15) is 5.60 Å². The summed E-state index contributed by atoms with van der Waals surface area (Å²) in [5.74, 6) is 0. The van der Waals surface area contributed by atoms with Crippen LogP contribution in [0.2, 0.25) is 0 Å². The molecule has 2 N–H and O–H groups in total. The molecule has 0 saturated carbocycles. The summed E-state index contributed by atoms with van der Waals surface area (Å²) in [7, 11) is 0. The third-order valence-corrected chi connectivity index (χ3v) is 2.07. The summed E-state index contributed by atoms with van der Waals surface area (Å²) >= 11 is 0. The van der Waals surface area contributed by atoms with Gasteiger partial charge in [-0.15, -0.1) is 12.4 Å². The van der Waals surface area contributed by atoms with Crippen LogP contribution in [-0.2, 0) is 4.74 Å². The van der Waals surface area contributed by atoms with E-state index >= 15 is 0 Å². The van der Waals surface area contributed by atoms with Gasteiger partial charge in [0.15, 0.2) is 0 Å². The Balaban J connectivity index is 0.000000605. The Morgan fingerprint density at radius 2 is 2.27 bits per heavy atom. The molecule has 2 heterocycles. The highest BCUT2D eigenvalue weighted by molar-refractivity contribution is 5.85. The predicted molar refractivity (Wildman–Crippen MR) is 41.9 cm³/mol. The fourth-order valence-corrected chi connectivity index (χ4v) is 1.46. The van der Waals surface area contributed by atoms with Crippen LogP contribution in [0.4, 0.5) is 4.79 Å². The lowest BCUT2D eigenvalue weighted by atomic mass is 10.1. The van der Waals surface area contributed by atoms with Crippen LogP contribution < -0.4 is 10.6 Å². The number of halogens is 1. The number of hydrogen-bond donors (Lipinski definition) is 2. The van der Waals surface area contributed by atoms with E-state index in [9.17, 15) is 4.79 Å². The molecule has 4 nitrogen and oxygen atoms in total. The molecule has 2 aliphatic rings. The van der Waals surface area contributed by atoms with Gasteiger partial charge in [-0.3, -0.25) is 0 Å². The minimum atomic E-state index is -0.274. The third kappa shape index (κ3) is 1.41.